The molecule has 0 aliphatic heterocycles. The van der Waals surface area contributed by atoms with Crippen LogP contribution in [0.3, 0.4) is 0 Å². The highest BCUT2D eigenvalue weighted by molar-refractivity contribution is 7.98. The zero-order chi connectivity index (χ0) is 17.8. The fraction of sp³-hybridized carbons (Fsp3) is 0.600. The molecule has 1 aromatic rings. The second-order valence-electron chi connectivity index (χ2n) is 5.42. The molecule has 0 aliphatic carbocycles. The lowest BCUT2D eigenvalue weighted by Gasteiger charge is -2.10. The lowest BCUT2D eigenvalue weighted by molar-refractivity contribution is -0.404. The molecule has 8 nitrogen and oxygen atoms in total. The summed E-state index contributed by atoms with van der Waals surface area (Å²) >= 11 is 1.69. The van der Waals surface area contributed by atoms with E-state index < -0.39 is 4.92 Å². The Labute approximate surface area is 158 Å². The van der Waals surface area contributed by atoms with Crippen LogP contribution in [-0.4, -0.2) is 54.5 Å². The third-order valence-electron chi connectivity index (χ3n) is 2.88. The minimum Gasteiger partial charge on any atom is -0.464 e. The van der Waals surface area contributed by atoms with Crippen molar-refractivity contribution < 1.29 is 14.4 Å². The van der Waals surface area contributed by atoms with E-state index in [2.05, 4.69) is 10.6 Å². The van der Waals surface area contributed by atoms with Gasteiger partial charge in [-0.2, -0.15) is 11.8 Å². The van der Waals surface area contributed by atoms with Crippen molar-refractivity contribution in [1.29, 1.82) is 0 Å². The van der Waals surface area contributed by atoms with Crippen LogP contribution in [0.4, 0.5) is 0 Å². The predicted octanol–water partition coefficient (Wildman–Crippen LogP) is 1.63. The Kier molecular flexibility index (Phi) is 13.0. The summed E-state index contributed by atoms with van der Waals surface area (Å²) < 4.78 is 5.72. The second kappa shape index (κ2) is 13.8. The largest absolute Gasteiger partial charge is 0.464 e. The van der Waals surface area contributed by atoms with E-state index in [9.17, 15) is 10.1 Å². The van der Waals surface area contributed by atoms with Crippen LogP contribution in [0.15, 0.2) is 28.6 Å². The van der Waals surface area contributed by atoms with Crippen molar-refractivity contribution in [3.63, 3.8) is 0 Å². The molecule has 0 aliphatic rings. The zero-order valence-electron chi connectivity index (χ0n) is 14.6. The van der Waals surface area contributed by atoms with Crippen LogP contribution in [0.5, 0.6) is 0 Å². The van der Waals surface area contributed by atoms with Gasteiger partial charge in [-0.15, -0.1) is 12.4 Å². The second-order valence-corrected chi connectivity index (χ2v) is 6.52. The highest BCUT2D eigenvalue weighted by Crippen LogP contribution is 2.15. The monoisotopic (exact) mass is 394 g/mol. The van der Waals surface area contributed by atoms with Gasteiger partial charge in [0.15, 0.2) is 5.82 Å². The summed E-state index contributed by atoms with van der Waals surface area (Å²) in [5, 5.41) is 25.2. The summed E-state index contributed by atoms with van der Waals surface area (Å²) in [6.07, 6.45) is 1.45. The molecule has 0 atom stereocenters. The van der Waals surface area contributed by atoms with E-state index in [1.54, 1.807) is 11.8 Å². The topological polar surface area (TPSA) is 104 Å². The fourth-order valence-corrected chi connectivity index (χ4v) is 2.64. The maximum atomic E-state index is 10.6. The molecule has 1 aromatic heterocycles. The Bertz CT molecular complexity index is 525. The van der Waals surface area contributed by atoms with Crippen LogP contribution < -0.4 is 10.6 Å². The Morgan fingerprint density at radius 1 is 1.36 bits per heavy atom. The molecule has 144 valence electrons. The smallest absolute Gasteiger partial charge is 0.274 e. The molecule has 0 fully saturated rings. The molecule has 0 unspecified atom stereocenters. The average Bonchev–Trinajstić information content (AvgIpc) is 2.93. The molecule has 10 heteroatoms. The van der Waals surface area contributed by atoms with Crippen LogP contribution in [0.1, 0.15) is 17.9 Å². The van der Waals surface area contributed by atoms with E-state index in [4.69, 9.17) is 9.52 Å². The van der Waals surface area contributed by atoms with Crippen molar-refractivity contribution in [2.75, 3.05) is 39.5 Å². The zero-order valence-corrected chi connectivity index (χ0v) is 16.2. The van der Waals surface area contributed by atoms with E-state index >= 15 is 0 Å². The molecule has 1 heterocycles. The molecular formula is C15H27ClN4O4S. The van der Waals surface area contributed by atoms with Gasteiger partial charge in [0.2, 0.25) is 0 Å². The van der Waals surface area contributed by atoms with Gasteiger partial charge in [0.05, 0.1) is 17.2 Å². The Balaban J connectivity index is 0.00000576. The Hall–Kier alpha value is -1.42. The molecule has 3 N–H and O–H groups in total. The number of nitro groups is 1. The van der Waals surface area contributed by atoms with Crippen LogP contribution in [0.2, 0.25) is 0 Å². The van der Waals surface area contributed by atoms with Gasteiger partial charge in [-0.3, -0.25) is 10.1 Å². The standard InChI is InChI=1S/C15H26N4O4S.ClH/c1-18(2)10-13-4-5-14(23-13)12-24-9-7-17-15(11-19(21)22)16-6-3-8-20;/h4-5,11,16-17,20H,3,6-10,12H2,1-2H3;1H. The Morgan fingerprint density at radius 3 is 2.68 bits per heavy atom. The minimum atomic E-state index is -0.503. The summed E-state index contributed by atoms with van der Waals surface area (Å²) in [7, 11) is 3.99. The van der Waals surface area contributed by atoms with Crippen molar-refractivity contribution in [3.8, 4) is 0 Å². The fourth-order valence-electron chi connectivity index (χ4n) is 1.89. The van der Waals surface area contributed by atoms with Crippen LogP contribution >= 0.6 is 24.2 Å². The maximum absolute atomic E-state index is 10.6. The van der Waals surface area contributed by atoms with E-state index in [-0.39, 0.29) is 19.0 Å². The number of nitrogens with zero attached hydrogens (tertiary/aromatic N) is 2. The molecule has 0 bridgehead atoms. The molecule has 0 saturated carbocycles. The van der Waals surface area contributed by atoms with Crippen LogP contribution in [-0.2, 0) is 12.3 Å². The summed E-state index contributed by atoms with van der Waals surface area (Å²) in [5.41, 5.74) is 0. The number of thioether (sulfide) groups is 1. The first kappa shape index (κ1) is 23.6. The van der Waals surface area contributed by atoms with Gasteiger partial charge in [-0.1, -0.05) is 0 Å². The molecular weight excluding hydrogens is 368 g/mol. The first-order valence-electron chi connectivity index (χ1n) is 7.75. The molecule has 0 aromatic carbocycles. The molecule has 1 rings (SSSR count). The van der Waals surface area contributed by atoms with Gasteiger partial charge in [0, 0.05) is 25.4 Å². The van der Waals surface area contributed by atoms with E-state index in [1.807, 2.05) is 31.1 Å². The van der Waals surface area contributed by atoms with Gasteiger partial charge in [-0.05, 0) is 32.6 Å². The third-order valence-corrected chi connectivity index (χ3v) is 3.86. The van der Waals surface area contributed by atoms with Gasteiger partial charge in [0.1, 0.15) is 11.5 Å². The summed E-state index contributed by atoms with van der Waals surface area (Å²) in [4.78, 5) is 12.1. The number of halogens is 1. The van der Waals surface area contributed by atoms with Crippen LogP contribution in [0.25, 0.3) is 0 Å². The lowest BCUT2D eigenvalue weighted by Crippen LogP contribution is -2.30. The maximum Gasteiger partial charge on any atom is 0.274 e. The summed E-state index contributed by atoms with van der Waals surface area (Å²) in [6.45, 7) is 1.91. The summed E-state index contributed by atoms with van der Waals surface area (Å²) in [6, 6.07) is 3.96. The van der Waals surface area contributed by atoms with Crippen molar-refractivity contribution >= 4 is 24.2 Å². The number of aliphatic hydroxyl groups excluding tert-OH is 1. The normalized spacial score (nSPS) is 11.3. The molecule has 25 heavy (non-hydrogen) atoms. The first-order chi connectivity index (χ1) is 11.5. The lowest BCUT2D eigenvalue weighted by atomic mass is 10.4. The number of nitrogens with one attached hydrogen (secondary N) is 2. The third kappa shape index (κ3) is 11.7. The van der Waals surface area contributed by atoms with Crippen LogP contribution in [0, 0.1) is 10.1 Å². The van der Waals surface area contributed by atoms with E-state index in [0.717, 1.165) is 35.8 Å². The number of aliphatic hydroxyl groups is 1. The number of hydrogen-bond donors (Lipinski definition) is 3. The highest BCUT2D eigenvalue weighted by atomic mass is 35.5. The molecule has 0 radical (unpaired) electrons. The van der Waals surface area contributed by atoms with Gasteiger partial charge in [0.25, 0.3) is 6.20 Å². The van der Waals surface area contributed by atoms with Gasteiger partial charge < -0.3 is 25.1 Å². The SMILES string of the molecule is CN(C)Cc1ccc(CSCCNC(=C[N+](=O)[O-])NCCCO)o1.Cl. The molecule has 0 saturated heterocycles. The molecule has 0 spiro atoms. The van der Waals surface area contributed by atoms with Gasteiger partial charge in [-0.25, -0.2) is 0 Å². The summed E-state index contributed by atoms with van der Waals surface area (Å²) in [5.74, 6) is 3.79. The predicted molar refractivity (Wildman–Crippen MR) is 102 cm³/mol. The first-order valence-corrected chi connectivity index (χ1v) is 8.90. The van der Waals surface area contributed by atoms with Crippen molar-refractivity contribution in [2.45, 2.75) is 18.7 Å². The van der Waals surface area contributed by atoms with E-state index in [0.29, 0.717) is 25.3 Å². The molecule has 0 amide bonds. The Morgan fingerprint density at radius 2 is 2.04 bits per heavy atom. The minimum absolute atomic E-state index is 0. The van der Waals surface area contributed by atoms with Gasteiger partial charge >= 0.3 is 0 Å². The number of hydrogen-bond acceptors (Lipinski definition) is 8. The van der Waals surface area contributed by atoms with Crippen molar-refractivity contribution in [2.24, 2.45) is 0 Å². The van der Waals surface area contributed by atoms with Crippen molar-refractivity contribution in [1.82, 2.24) is 15.5 Å². The van der Waals surface area contributed by atoms with E-state index in [1.165, 1.54) is 0 Å². The highest BCUT2D eigenvalue weighted by Gasteiger charge is 2.04. The quantitative estimate of drug-likeness (QED) is 0.263. The number of rotatable bonds is 13. The van der Waals surface area contributed by atoms with Crippen molar-refractivity contribution in [3.05, 3.63) is 45.8 Å². The number of furan rings is 1. The average molecular weight is 395 g/mol.